The number of benzene rings is 2. The van der Waals surface area contributed by atoms with Crippen molar-refractivity contribution in [1.29, 1.82) is 0 Å². The lowest BCUT2D eigenvalue weighted by Gasteiger charge is -2.11. The number of hydrogen-bond donors (Lipinski definition) is 1. The van der Waals surface area contributed by atoms with Crippen LogP contribution in [0.5, 0.6) is 11.6 Å². The summed E-state index contributed by atoms with van der Waals surface area (Å²) in [6, 6.07) is 15.5. The molecule has 3 heterocycles. The van der Waals surface area contributed by atoms with E-state index in [9.17, 15) is 0 Å². The van der Waals surface area contributed by atoms with E-state index in [-0.39, 0.29) is 0 Å². The highest BCUT2D eigenvalue weighted by Crippen LogP contribution is 2.34. The van der Waals surface area contributed by atoms with Crippen molar-refractivity contribution in [2.75, 3.05) is 19.5 Å². The summed E-state index contributed by atoms with van der Waals surface area (Å²) in [5.41, 5.74) is 5.27. The normalized spacial score (nSPS) is 11.1. The quantitative estimate of drug-likeness (QED) is 0.348. The zero-order valence-corrected chi connectivity index (χ0v) is 20.0. The highest BCUT2D eigenvalue weighted by Gasteiger charge is 2.16. The van der Waals surface area contributed by atoms with Crippen LogP contribution < -0.4 is 14.8 Å². The minimum Gasteiger partial charge on any atom is -0.495 e. The summed E-state index contributed by atoms with van der Waals surface area (Å²) in [6.07, 6.45) is 3.67. The van der Waals surface area contributed by atoms with E-state index >= 15 is 0 Å². The Kier molecular flexibility index (Phi) is 5.59. The van der Waals surface area contributed by atoms with Crippen molar-refractivity contribution in [3.8, 4) is 28.7 Å². The van der Waals surface area contributed by atoms with Crippen molar-refractivity contribution >= 4 is 34.1 Å². The standard InChI is InChI=1S/C25H23ClN6O2/c1-15-13-32(14-27-15)20-10-11-22(29-25(20)34-4)28-18-6-5-7-19-23(18)30-24(31(19)2)16-8-9-17(26)21(12-16)33-3/h5-14H,1-4H3,(H,28,29). The summed E-state index contributed by atoms with van der Waals surface area (Å²) in [4.78, 5) is 13.9. The first-order chi connectivity index (χ1) is 16.5. The Morgan fingerprint density at radius 2 is 1.85 bits per heavy atom. The van der Waals surface area contributed by atoms with E-state index in [4.69, 9.17) is 26.1 Å². The minimum absolute atomic E-state index is 0.490. The van der Waals surface area contributed by atoms with Crippen molar-refractivity contribution < 1.29 is 9.47 Å². The number of ether oxygens (including phenoxy) is 2. The van der Waals surface area contributed by atoms with Crippen LogP contribution in [0.25, 0.3) is 28.1 Å². The number of nitrogens with zero attached hydrogens (tertiary/aromatic N) is 5. The Hall–Kier alpha value is -4.04. The van der Waals surface area contributed by atoms with Crippen LogP contribution in [-0.2, 0) is 7.05 Å². The van der Waals surface area contributed by atoms with E-state index in [1.807, 2.05) is 77.8 Å². The summed E-state index contributed by atoms with van der Waals surface area (Å²) in [5.74, 6) is 2.54. The maximum Gasteiger partial charge on any atom is 0.240 e. The van der Waals surface area contributed by atoms with Crippen LogP contribution >= 0.6 is 11.6 Å². The second-order valence-corrected chi connectivity index (χ2v) is 8.20. The number of aromatic nitrogens is 5. The molecule has 5 rings (SSSR count). The van der Waals surface area contributed by atoms with Gasteiger partial charge in [0.2, 0.25) is 5.88 Å². The van der Waals surface area contributed by atoms with E-state index in [1.165, 1.54) is 0 Å². The Morgan fingerprint density at radius 3 is 2.59 bits per heavy atom. The third-order valence-corrected chi connectivity index (χ3v) is 5.92. The summed E-state index contributed by atoms with van der Waals surface area (Å²) in [5, 5.41) is 3.95. The van der Waals surface area contributed by atoms with Crippen molar-refractivity contribution in [1.82, 2.24) is 24.1 Å². The zero-order chi connectivity index (χ0) is 23.8. The molecule has 9 heteroatoms. The van der Waals surface area contributed by atoms with Gasteiger partial charge in [0.1, 0.15) is 28.6 Å². The van der Waals surface area contributed by atoms with Gasteiger partial charge in [-0.05, 0) is 49.4 Å². The summed E-state index contributed by atoms with van der Waals surface area (Å²) < 4.78 is 14.9. The van der Waals surface area contributed by atoms with E-state index in [0.29, 0.717) is 22.5 Å². The van der Waals surface area contributed by atoms with Gasteiger partial charge in [-0.25, -0.2) is 9.97 Å². The molecule has 0 saturated carbocycles. The summed E-state index contributed by atoms with van der Waals surface area (Å²) in [7, 11) is 5.19. The molecule has 0 unspecified atom stereocenters. The fourth-order valence-electron chi connectivity index (χ4n) is 3.91. The molecule has 34 heavy (non-hydrogen) atoms. The molecule has 0 radical (unpaired) electrons. The summed E-state index contributed by atoms with van der Waals surface area (Å²) in [6.45, 7) is 1.94. The van der Waals surface area contributed by atoms with Gasteiger partial charge < -0.3 is 23.9 Å². The molecule has 0 spiro atoms. The Labute approximate surface area is 201 Å². The van der Waals surface area contributed by atoms with Crippen LogP contribution in [0.3, 0.4) is 0 Å². The lowest BCUT2D eigenvalue weighted by molar-refractivity contribution is 0.396. The molecule has 2 aromatic carbocycles. The Bertz CT molecular complexity index is 1510. The molecule has 0 atom stereocenters. The first kappa shape index (κ1) is 21.8. The van der Waals surface area contributed by atoms with Crippen molar-refractivity contribution in [3.63, 3.8) is 0 Å². The topological polar surface area (TPSA) is 79.0 Å². The number of methoxy groups -OCH3 is 2. The molecule has 8 nitrogen and oxygen atoms in total. The van der Waals surface area contributed by atoms with Crippen LogP contribution in [0.4, 0.5) is 11.5 Å². The third-order valence-electron chi connectivity index (χ3n) is 5.61. The molecule has 5 aromatic rings. The monoisotopic (exact) mass is 474 g/mol. The smallest absolute Gasteiger partial charge is 0.240 e. The Morgan fingerprint density at radius 1 is 1.00 bits per heavy atom. The van der Waals surface area contributed by atoms with E-state index in [0.717, 1.165) is 39.5 Å². The molecule has 0 bridgehead atoms. The van der Waals surface area contributed by atoms with Gasteiger partial charge in [-0.15, -0.1) is 0 Å². The largest absolute Gasteiger partial charge is 0.495 e. The van der Waals surface area contributed by atoms with E-state index in [1.54, 1.807) is 20.5 Å². The van der Waals surface area contributed by atoms with Gasteiger partial charge in [-0.3, -0.25) is 0 Å². The predicted octanol–water partition coefficient (Wildman–Crippen LogP) is 5.54. The molecule has 0 fully saturated rings. The molecular formula is C25H23ClN6O2. The van der Waals surface area contributed by atoms with Crippen LogP contribution in [0.1, 0.15) is 5.69 Å². The minimum atomic E-state index is 0.490. The Balaban J connectivity index is 1.53. The first-order valence-electron chi connectivity index (χ1n) is 10.6. The molecule has 0 saturated heterocycles. The number of hydrogen-bond acceptors (Lipinski definition) is 6. The van der Waals surface area contributed by atoms with Crippen molar-refractivity contribution in [2.45, 2.75) is 6.92 Å². The van der Waals surface area contributed by atoms with E-state index < -0.39 is 0 Å². The average Bonchev–Trinajstić information content (AvgIpc) is 3.43. The van der Waals surface area contributed by atoms with Gasteiger partial charge in [0.25, 0.3) is 0 Å². The molecule has 1 N–H and O–H groups in total. The number of halogens is 1. The van der Waals surface area contributed by atoms with Gasteiger partial charge in [0, 0.05) is 18.8 Å². The third kappa shape index (κ3) is 3.82. The van der Waals surface area contributed by atoms with Gasteiger partial charge >= 0.3 is 0 Å². The second-order valence-electron chi connectivity index (χ2n) is 7.79. The maximum absolute atomic E-state index is 6.21. The van der Waals surface area contributed by atoms with Crippen LogP contribution in [0.2, 0.25) is 5.02 Å². The molecular weight excluding hydrogens is 452 g/mol. The molecule has 0 aliphatic rings. The SMILES string of the molecule is COc1cc(-c2nc3c(Nc4ccc(-n5cnc(C)c5)c(OC)n4)cccc3n2C)ccc1Cl. The molecule has 172 valence electrons. The first-order valence-corrected chi connectivity index (χ1v) is 11.0. The number of nitrogens with one attached hydrogen (secondary N) is 1. The molecule has 0 aliphatic carbocycles. The van der Waals surface area contributed by atoms with E-state index in [2.05, 4.69) is 15.3 Å². The average molecular weight is 475 g/mol. The number of imidazole rings is 2. The molecule has 0 aliphatic heterocycles. The number of fused-ring (bicyclic) bond motifs is 1. The van der Waals surface area contributed by atoms with Gasteiger partial charge in [0.15, 0.2) is 0 Å². The number of anilines is 2. The highest BCUT2D eigenvalue weighted by molar-refractivity contribution is 6.32. The van der Waals surface area contributed by atoms with Gasteiger partial charge in [-0.1, -0.05) is 17.7 Å². The van der Waals surface area contributed by atoms with Crippen LogP contribution in [0.15, 0.2) is 61.1 Å². The van der Waals surface area contributed by atoms with Crippen LogP contribution in [-0.4, -0.2) is 38.3 Å². The van der Waals surface area contributed by atoms with Gasteiger partial charge in [0.05, 0.1) is 42.5 Å². The van der Waals surface area contributed by atoms with Crippen molar-refractivity contribution in [3.05, 3.63) is 71.8 Å². The number of aryl methyl sites for hydroxylation is 2. The van der Waals surface area contributed by atoms with Crippen LogP contribution in [0, 0.1) is 6.92 Å². The molecule has 0 amide bonds. The number of para-hydroxylation sites is 1. The lowest BCUT2D eigenvalue weighted by Crippen LogP contribution is -2.01. The number of pyridine rings is 1. The molecule has 3 aromatic heterocycles. The highest BCUT2D eigenvalue weighted by atomic mass is 35.5. The van der Waals surface area contributed by atoms with Crippen molar-refractivity contribution in [2.24, 2.45) is 7.05 Å². The fraction of sp³-hybridized carbons (Fsp3) is 0.160. The second kappa shape index (κ2) is 8.72. The maximum atomic E-state index is 6.21. The van der Waals surface area contributed by atoms with Gasteiger partial charge in [-0.2, -0.15) is 4.98 Å². The predicted molar refractivity (Wildman–Crippen MR) is 134 cm³/mol. The number of rotatable bonds is 6. The summed E-state index contributed by atoms with van der Waals surface area (Å²) >= 11 is 6.21. The lowest BCUT2D eigenvalue weighted by atomic mass is 10.2. The zero-order valence-electron chi connectivity index (χ0n) is 19.2. The fourth-order valence-corrected chi connectivity index (χ4v) is 4.11.